The van der Waals surface area contributed by atoms with E-state index in [1.54, 1.807) is 20.5 Å². The smallest absolute Gasteiger partial charge is 0.222 e. The number of para-hydroxylation sites is 1. The third-order valence-corrected chi connectivity index (χ3v) is 5.21. The van der Waals surface area contributed by atoms with Crippen LogP contribution in [-0.2, 0) is 6.42 Å². The van der Waals surface area contributed by atoms with Gasteiger partial charge in [0.2, 0.25) is 5.95 Å². The van der Waals surface area contributed by atoms with Crippen LogP contribution in [0.25, 0.3) is 0 Å². The Morgan fingerprint density at radius 1 is 1.11 bits per heavy atom. The SMILES string of the molecule is CCc1ccc([C@H]2C[C@@H](c3cccc(OC)c3OC)n3ncnc3N2)cc1. The van der Waals surface area contributed by atoms with Crippen LogP contribution in [0.3, 0.4) is 0 Å². The van der Waals surface area contributed by atoms with Gasteiger partial charge in [-0.05, 0) is 30.0 Å². The van der Waals surface area contributed by atoms with Gasteiger partial charge in [-0.2, -0.15) is 10.1 Å². The molecule has 0 spiro atoms. The van der Waals surface area contributed by atoms with Crippen molar-refractivity contribution in [2.24, 2.45) is 0 Å². The molecule has 6 heteroatoms. The molecule has 2 aromatic carbocycles. The molecule has 0 unspecified atom stereocenters. The van der Waals surface area contributed by atoms with Gasteiger partial charge in [0.25, 0.3) is 0 Å². The Morgan fingerprint density at radius 3 is 2.63 bits per heavy atom. The second kappa shape index (κ2) is 7.31. The summed E-state index contributed by atoms with van der Waals surface area (Å²) in [6.07, 6.45) is 3.46. The standard InChI is InChI=1S/C21H24N4O2/c1-4-14-8-10-15(11-9-14)17-12-18(25-21(24-17)22-13-23-25)16-6-5-7-19(26-2)20(16)27-3/h5-11,13,17-18H,4,12H2,1-3H3,(H,22,23,24)/t17-,18+/m1/s1. The lowest BCUT2D eigenvalue weighted by Gasteiger charge is -2.32. The lowest BCUT2D eigenvalue weighted by Crippen LogP contribution is -2.28. The van der Waals surface area contributed by atoms with Crippen molar-refractivity contribution < 1.29 is 9.47 Å². The quantitative estimate of drug-likeness (QED) is 0.741. The minimum Gasteiger partial charge on any atom is -0.493 e. The normalized spacial score (nSPS) is 18.5. The molecule has 1 aromatic heterocycles. The number of methoxy groups -OCH3 is 2. The van der Waals surface area contributed by atoms with Crippen LogP contribution in [0, 0.1) is 0 Å². The molecule has 0 fully saturated rings. The van der Waals surface area contributed by atoms with Gasteiger partial charge >= 0.3 is 0 Å². The third-order valence-electron chi connectivity index (χ3n) is 5.21. The van der Waals surface area contributed by atoms with E-state index in [1.807, 2.05) is 16.8 Å². The van der Waals surface area contributed by atoms with Gasteiger partial charge in [-0.1, -0.05) is 43.3 Å². The topological polar surface area (TPSA) is 61.2 Å². The molecule has 0 aliphatic carbocycles. The first-order valence-electron chi connectivity index (χ1n) is 9.21. The molecule has 2 heterocycles. The first-order chi connectivity index (χ1) is 13.2. The highest BCUT2D eigenvalue weighted by molar-refractivity contribution is 5.50. The zero-order valence-corrected chi connectivity index (χ0v) is 15.8. The van der Waals surface area contributed by atoms with Crippen molar-refractivity contribution in [1.29, 1.82) is 0 Å². The number of aryl methyl sites for hydroxylation is 1. The molecule has 4 rings (SSSR count). The molecule has 27 heavy (non-hydrogen) atoms. The van der Waals surface area contributed by atoms with Crippen molar-refractivity contribution in [3.8, 4) is 11.5 Å². The van der Waals surface area contributed by atoms with Gasteiger partial charge in [-0.3, -0.25) is 0 Å². The van der Waals surface area contributed by atoms with Crippen LogP contribution in [0.2, 0.25) is 0 Å². The van der Waals surface area contributed by atoms with E-state index >= 15 is 0 Å². The van der Waals surface area contributed by atoms with E-state index < -0.39 is 0 Å². The molecule has 6 nitrogen and oxygen atoms in total. The first-order valence-corrected chi connectivity index (χ1v) is 9.21. The minimum absolute atomic E-state index is 0.00431. The summed E-state index contributed by atoms with van der Waals surface area (Å²) in [7, 11) is 3.33. The Bertz CT molecular complexity index is 920. The number of ether oxygens (including phenoxy) is 2. The molecule has 2 atom stereocenters. The predicted molar refractivity (Wildman–Crippen MR) is 105 cm³/mol. The monoisotopic (exact) mass is 364 g/mol. The van der Waals surface area contributed by atoms with Gasteiger partial charge in [0.15, 0.2) is 11.5 Å². The van der Waals surface area contributed by atoms with Gasteiger partial charge in [0.1, 0.15) is 6.33 Å². The van der Waals surface area contributed by atoms with E-state index in [1.165, 1.54) is 11.1 Å². The number of nitrogens with one attached hydrogen (secondary N) is 1. The van der Waals surface area contributed by atoms with Crippen molar-refractivity contribution in [3.05, 3.63) is 65.5 Å². The Hall–Kier alpha value is -3.02. The van der Waals surface area contributed by atoms with E-state index in [4.69, 9.17) is 9.47 Å². The molecular weight excluding hydrogens is 340 g/mol. The Kier molecular flexibility index (Phi) is 4.71. The fourth-order valence-corrected chi connectivity index (χ4v) is 3.76. The number of nitrogens with zero attached hydrogens (tertiary/aromatic N) is 3. The lowest BCUT2D eigenvalue weighted by molar-refractivity contribution is 0.340. The number of hydrogen-bond acceptors (Lipinski definition) is 5. The van der Waals surface area contributed by atoms with Crippen molar-refractivity contribution in [2.75, 3.05) is 19.5 Å². The molecule has 140 valence electrons. The zero-order valence-electron chi connectivity index (χ0n) is 15.8. The molecule has 0 radical (unpaired) electrons. The third kappa shape index (κ3) is 3.12. The zero-order chi connectivity index (χ0) is 18.8. The maximum absolute atomic E-state index is 5.68. The molecular formula is C21H24N4O2. The summed E-state index contributed by atoms with van der Waals surface area (Å²) >= 11 is 0. The maximum atomic E-state index is 5.68. The molecule has 3 aromatic rings. The number of benzene rings is 2. The summed E-state index contributed by atoms with van der Waals surface area (Å²) in [6.45, 7) is 2.17. The highest BCUT2D eigenvalue weighted by atomic mass is 16.5. The largest absolute Gasteiger partial charge is 0.493 e. The molecule has 0 amide bonds. The average Bonchev–Trinajstić information content (AvgIpc) is 3.21. The Balaban J connectivity index is 1.75. The van der Waals surface area contributed by atoms with Crippen LogP contribution >= 0.6 is 0 Å². The molecule has 1 aliphatic heterocycles. The summed E-state index contributed by atoms with van der Waals surface area (Å²) in [6, 6.07) is 14.9. The highest BCUT2D eigenvalue weighted by Crippen LogP contribution is 2.43. The molecule has 1 aliphatic rings. The van der Waals surface area contributed by atoms with Crippen molar-refractivity contribution in [2.45, 2.75) is 31.8 Å². The van der Waals surface area contributed by atoms with Gasteiger partial charge in [0, 0.05) is 5.56 Å². The highest BCUT2D eigenvalue weighted by Gasteiger charge is 2.32. The van der Waals surface area contributed by atoms with Crippen LogP contribution in [0.5, 0.6) is 11.5 Å². The lowest BCUT2D eigenvalue weighted by atomic mass is 9.92. The summed E-state index contributed by atoms with van der Waals surface area (Å²) in [5, 5.41) is 7.96. The summed E-state index contributed by atoms with van der Waals surface area (Å²) in [4.78, 5) is 4.41. The van der Waals surface area contributed by atoms with E-state index in [9.17, 15) is 0 Å². The molecule has 1 N–H and O–H groups in total. The van der Waals surface area contributed by atoms with E-state index in [0.717, 1.165) is 35.9 Å². The molecule has 0 saturated heterocycles. The number of aromatic nitrogens is 3. The predicted octanol–water partition coefficient (Wildman–Crippen LogP) is 4.00. The van der Waals surface area contributed by atoms with Crippen molar-refractivity contribution >= 4 is 5.95 Å². The van der Waals surface area contributed by atoms with Crippen LogP contribution in [0.4, 0.5) is 5.95 Å². The first kappa shape index (κ1) is 17.4. The second-order valence-corrected chi connectivity index (χ2v) is 6.65. The number of anilines is 1. The number of fused-ring (bicyclic) bond motifs is 1. The van der Waals surface area contributed by atoms with E-state index in [-0.39, 0.29) is 12.1 Å². The van der Waals surface area contributed by atoms with Gasteiger partial charge in [-0.15, -0.1) is 0 Å². The summed E-state index contributed by atoms with van der Waals surface area (Å²) in [5.41, 5.74) is 3.62. The van der Waals surface area contributed by atoms with Crippen LogP contribution < -0.4 is 14.8 Å². The fraction of sp³-hybridized carbons (Fsp3) is 0.333. The van der Waals surface area contributed by atoms with Crippen LogP contribution in [0.15, 0.2) is 48.8 Å². The van der Waals surface area contributed by atoms with Gasteiger partial charge in [-0.25, -0.2) is 4.68 Å². The Labute approximate surface area is 159 Å². The number of hydrogen-bond donors (Lipinski definition) is 1. The van der Waals surface area contributed by atoms with Crippen molar-refractivity contribution in [3.63, 3.8) is 0 Å². The maximum Gasteiger partial charge on any atom is 0.222 e. The second-order valence-electron chi connectivity index (χ2n) is 6.65. The van der Waals surface area contributed by atoms with Crippen molar-refractivity contribution in [1.82, 2.24) is 14.8 Å². The molecule has 0 bridgehead atoms. The van der Waals surface area contributed by atoms with E-state index in [0.29, 0.717) is 0 Å². The fourth-order valence-electron chi connectivity index (χ4n) is 3.76. The Morgan fingerprint density at radius 2 is 1.93 bits per heavy atom. The summed E-state index contributed by atoms with van der Waals surface area (Å²) in [5.74, 6) is 2.23. The van der Waals surface area contributed by atoms with Gasteiger partial charge < -0.3 is 14.8 Å². The van der Waals surface area contributed by atoms with Crippen LogP contribution in [-0.4, -0.2) is 29.0 Å². The van der Waals surface area contributed by atoms with Crippen LogP contribution in [0.1, 0.15) is 42.1 Å². The number of rotatable bonds is 5. The van der Waals surface area contributed by atoms with E-state index in [2.05, 4.69) is 52.7 Å². The summed E-state index contributed by atoms with van der Waals surface area (Å²) < 4.78 is 13.1. The van der Waals surface area contributed by atoms with Gasteiger partial charge in [0.05, 0.1) is 26.3 Å². The average molecular weight is 364 g/mol. The molecule has 0 saturated carbocycles. The minimum atomic E-state index is 0.00431.